The van der Waals surface area contributed by atoms with E-state index in [1.165, 1.54) is 0 Å². The van der Waals surface area contributed by atoms with Crippen LogP contribution in [0.3, 0.4) is 0 Å². The topological polar surface area (TPSA) is 54.0 Å². The lowest BCUT2D eigenvalue weighted by Gasteiger charge is -2.09. The summed E-state index contributed by atoms with van der Waals surface area (Å²) in [6.45, 7) is 2.52. The van der Waals surface area contributed by atoms with Crippen LogP contribution in [-0.4, -0.2) is 29.1 Å². The van der Waals surface area contributed by atoms with E-state index in [-0.39, 0.29) is 5.82 Å². The molecule has 112 valence electrons. The van der Waals surface area contributed by atoms with Gasteiger partial charge in [0, 0.05) is 12.7 Å². The third-order valence-corrected chi connectivity index (χ3v) is 3.27. The SMILES string of the molecule is CCSCCCNC(=O)Nc1cc(C(F)(F)F)ccn1. The number of alkyl halides is 3. The van der Waals surface area contributed by atoms with Crippen molar-refractivity contribution in [3.63, 3.8) is 0 Å². The Bertz CT molecular complexity index is 440. The van der Waals surface area contributed by atoms with E-state index in [9.17, 15) is 18.0 Å². The largest absolute Gasteiger partial charge is 0.416 e. The van der Waals surface area contributed by atoms with E-state index in [2.05, 4.69) is 15.6 Å². The second kappa shape index (κ2) is 7.98. The lowest BCUT2D eigenvalue weighted by Crippen LogP contribution is -2.30. The maximum absolute atomic E-state index is 12.5. The number of pyridine rings is 1. The molecule has 0 fully saturated rings. The summed E-state index contributed by atoms with van der Waals surface area (Å²) in [7, 11) is 0. The number of hydrogen-bond acceptors (Lipinski definition) is 3. The third-order valence-electron chi connectivity index (χ3n) is 2.28. The van der Waals surface area contributed by atoms with Crippen molar-refractivity contribution < 1.29 is 18.0 Å². The summed E-state index contributed by atoms with van der Waals surface area (Å²) in [5, 5.41) is 4.84. The fraction of sp³-hybridized carbons (Fsp3) is 0.500. The molecule has 8 heteroatoms. The van der Waals surface area contributed by atoms with E-state index in [4.69, 9.17) is 0 Å². The zero-order chi connectivity index (χ0) is 15.0. The van der Waals surface area contributed by atoms with Gasteiger partial charge in [-0.15, -0.1) is 0 Å². The highest BCUT2D eigenvalue weighted by Gasteiger charge is 2.30. The molecule has 0 unspecified atom stereocenters. The van der Waals surface area contributed by atoms with Crippen LogP contribution in [0.5, 0.6) is 0 Å². The predicted molar refractivity (Wildman–Crippen MR) is 73.9 cm³/mol. The van der Waals surface area contributed by atoms with Gasteiger partial charge in [0.15, 0.2) is 0 Å². The molecule has 0 aliphatic carbocycles. The minimum absolute atomic E-state index is 0.125. The Kier molecular flexibility index (Phi) is 6.63. The normalized spacial score (nSPS) is 11.2. The number of nitrogens with zero attached hydrogens (tertiary/aromatic N) is 1. The number of rotatable bonds is 6. The first-order chi connectivity index (χ1) is 9.43. The summed E-state index contributed by atoms with van der Waals surface area (Å²) in [6, 6.07) is 1.09. The zero-order valence-electron chi connectivity index (χ0n) is 11.0. The van der Waals surface area contributed by atoms with E-state index in [0.29, 0.717) is 6.54 Å². The molecule has 0 saturated carbocycles. The maximum Gasteiger partial charge on any atom is 0.416 e. The van der Waals surface area contributed by atoms with Crippen LogP contribution in [0, 0.1) is 0 Å². The Hall–Kier alpha value is -1.44. The van der Waals surface area contributed by atoms with E-state index in [1.54, 1.807) is 11.8 Å². The van der Waals surface area contributed by atoms with E-state index in [1.807, 2.05) is 6.92 Å². The first-order valence-corrected chi connectivity index (χ1v) is 7.24. The summed E-state index contributed by atoms with van der Waals surface area (Å²) < 4.78 is 37.4. The molecule has 0 spiro atoms. The molecule has 0 aromatic carbocycles. The summed E-state index contributed by atoms with van der Waals surface area (Å²) in [5.41, 5.74) is -0.845. The van der Waals surface area contributed by atoms with Gasteiger partial charge in [-0.2, -0.15) is 24.9 Å². The summed E-state index contributed by atoms with van der Waals surface area (Å²) in [5.74, 6) is 1.82. The fourth-order valence-electron chi connectivity index (χ4n) is 1.36. The monoisotopic (exact) mass is 307 g/mol. The predicted octanol–water partition coefficient (Wildman–Crippen LogP) is 3.37. The second-order valence-corrected chi connectivity index (χ2v) is 5.25. The van der Waals surface area contributed by atoms with Crippen LogP contribution >= 0.6 is 11.8 Å². The molecule has 0 aliphatic heterocycles. The van der Waals surface area contributed by atoms with Gasteiger partial charge in [0.1, 0.15) is 5.82 Å². The molecule has 0 atom stereocenters. The standard InChI is InChI=1S/C12H16F3N3OS/c1-2-20-7-3-5-17-11(19)18-10-8-9(4-6-16-10)12(13,14)15/h4,6,8H,2-3,5,7H2,1H3,(H2,16,17,18,19). The Morgan fingerprint density at radius 1 is 1.45 bits per heavy atom. The van der Waals surface area contributed by atoms with Crippen LogP contribution in [0.2, 0.25) is 0 Å². The number of aromatic nitrogens is 1. The van der Waals surface area contributed by atoms with Crippen LogP contribution in [0.4, 0.5) is 23.8 Å². The van der Waals surface area contributed by atoms with Gasteiger partial charge in [0.05, 0.1) is 5.56 Å². The molecule has 2 amide bonds. The van der Waals surface area contributed by atoms with Crippen molar-refractivity contribution >= 4 is 23.6 Å². The number of carbonyl (C=O) groups excluding carboxylic acids is 1. The summed E-state index contributed by atoms with van der Waals surface area (Å²) in [6.07, 6.45) is -2.63. The molecule has 0 saturated heterocycles. The second-order valence-electron chi connectivity index (χ2n) is 3.86. The molecule has 1 heterocycles. The Balaban J connectivity index is 2.42. The summed E-state index contributed by atoms with van der Waals surface area (Å²) in [4.78, 5) is 15.1. The quantitative estimate of drug-likeness (QED) is 0.792. The number of urea groups is 1. The fourth-order valence-corrected chi connectivity index (χ4v) is 1.99. The molecule has 0 aliphatic rings. The average Bonchev–Trinajstić information content (AvgIpc) is 2.38. The molecular formula is C12H16F3N3OS. The molecule has 4 nitrogen and oxygen atoms in total. The van der Waals surface area contributed by atoms with Crippen molar-refractivity contribution in [2.45, 2.75) is 19.5 Å². The highest BCUT2D eigenvalue weighted by atomic mass is 32.2. The number of amides is 2. The molecule has 1 aromatic rings. The molecule has 2 N–H and O–H groups in total. The number of thioether (sulfide) groups is 1. The third kappa shape index (κ3) is 6.14. The van der Waals surface area contributed by atoms with Crippen LogP contribution in [0.15, 0.2) is 18.3 Å². The number of carbonyl (C=O) groups is 1. The molecule has 0 radical (unpaired) electrons. The maximum atomic E-state index is 12.5. The van der Waals surface area contributed by atoms with Crippen molar-refractivity contribution in [3.05, 3.63) is 23.9 Å². The lowest BCUT2D eigenvalue weighted by atomic mass is 10.2. The van der Waals surface area contributed by atoms with Gasteiger partial charge in [-0.05, 0) is 30.1 Å². The molecule has 0 bridgehead atoms. The smallest absolute Gasteiger partial charge is 0.338 e. The van der Waals surface area contributed by atoms with Gasteiger partial charge in [-0.3, -0.25) is 5.32 Å². The van der Waals surface area contributed by atoms with Crippen LogP contribution in [-0.2, 0) is 6.18 Å². The van der Waals surface area contributed by atoms with Gasteiger partial charge in [0.25, 0.3) is 0 Å². The Labute approximate surface area is 119 Å². The van der Waals surface area contributed by atoms with Crippen molar-refractivity contribution in [2.75, 3.05) is 23.4 Å². The molecular weight excluding hydrogens is 291 g/mol. The average molecular weight is 307 g/mol. The number of nitrogens with one attached hydrogen (secondary N) is 2. The minimum atomic E-state index is -4.45. The van der Waals surface area contributed by atoms with E-state index in [0.717, 1.165) is 36.3 Å². The minimum Gasteiger partial charge on any atom is -0.338 e. The van der Waals surface area contributed by atoms with Crippen LogP contribution < -0.4 is 10.6 Å². The van der Waals surface area contributed by atoms with Crippen molar-refractivity contribution in [1.29, 1.82) is 0 Å². The van der Waals surface area contributed by atoms with Crippen molar-refractivity contribution in [1.82, 2.24) is 10.3 Å². The molecule has 1 rings (SSSR count). The van der Waals surface area contributed by atoms with Gasteiger partial charge in [-0.1, -0.05) is 6.92 Å². The number of hydrogen-bond donors (Lipinski definition) is 2. The van der Waals surface area contributed by atoms with Crippen molar-refractivity contribution in [2.24, 2.45) is 0 Å². The number of anilines is 1. The van der Waals surface area contributed by atoms with Crippen LogP contribution in [0.25, 0.3) is 0 Å². The first kappa shape index (κ1) is 16.6. The highest BCUT2D eigenvalue weighted by Crippen LogP contribution is 2.29. The van der Waals surface area contributed by atoms with Crippen LogP contribution in [0.1, 0.15) is 18.9 Å². The van der Waals surface area contributed by atoms with E-state index < -0.39 is 17.8 Å². The van der Waals surface area contributed by atoms with Gasteiger partial charge < -0.3 is 5.32 Å². The van der Waals surface area contributed by atoms with E-state index >= 15 is 0 Å². The van der Waals surface area contributed by atoms with Gasteiger partial charge in [0.2, 0.25) is 0 Å². The molecule has 20 heavy (non-hydrogen) atoms. The first-order valence-electron chi connectivity index (χ1n) is 6.09. The lowest BCUT2D eigenvalue weighted by molar-refractivity contribution is -0.137. The highest BCUT2D eigenvalue weighted by molar-refractivity contribution is 7.99. The van der Waals surface area contributed by atoms with Crippen molar-refractivity contribution in [3.8, 4) is 0 Å². The molecule has 1 aromatic heterocycles. The Morgan fingerprint density at radius 2 is 2.20 bits per heavy atom. The van der Waals surface area contributed by atoms with Gasteiger partial charge in [-0.25, -0.2) is 9.78 Å². The number of halogens is 3. The zero-order valence-corrected chi connectivity index (χ0v) is 11.8. The Morgan fingerprint density at radius 3 is 2.85 bits per heavy atom. The summed E-state index contributed by atoms with van der Waals surface area (Å²) >= 11 is 1.76. The van der Waals surface area contributed by atoms with Gasteiger partial charge >= 0.3 is 12.2 Å².